The highest BCUT2D eigenvalue weighted by Crippen LogP contribution is 2.63. The van der Waals surface area contributed by atoms with Gasteiger partial charge in [0.1, 0.15) is 11.2 Å². The Kier molecular flexibility index (Phi) is 7.90. The third kappa shape index (κ3) is 5.17. The molecule has 13 aromatic rings. The molecule has 68 heavy (non-hydrogen) atoms. The first-order valence-corrected chi connectivity index (χ1v) is 24.2. The third-order valence-corrected chi connectivity index (χ3v) is 16.1. The number of fused-ring (bicyclic) bond motifs is 17. The van der Waals surface area contributed by atoms with Crippen LogP contribution in [0.1, 0.15) is 22.3 Å². The Hall–Kier alpha value is -8.50. The molecule has 15 rings (SSSR count). The van der Waals surface area contributed by atoms with Crippen LogP contribution in [0.2, 0.25) is 0 Å². The average Bonchev–Trinajstić information content (AvgIpc) is 4.14. The van der Waals surface area contributed by atoms with Crippen LogP contribution in [0.25, 0.3) is 97.4 Å². The summed E-state index contributed by atoms with van der Waals surface area (Å²) in [7, 11) is 0. The lowest BCUT2D eigenvalue weighted by molar-refractivity contribution is 0.670. The van der Waals surface area contributed by atoms with Gasteiger partial charge in [-0.25, -0.2) is 0 Å². The molecule has 0 unspecified atom stereocenters. The summed E-state index contributed by atoms with van der Waals surface area (Å²) in [5, 5.41) is 7.17. The van der Waals surface area contributed by atoms with Crippen molar-refractivity contribution in [2.24, 2.45) is 0 Å². The quantitative estimate of drug-likeness (QED) is 0.171. The van der Waals surface area contributed by atoms with Gasteiger partial charge < -0.3 is 9.32 Å². The smallest absolute Gasteiger partial charge is 0.143 e. The minimum atomic E-state index is -0.462. The predicted molar refractivity (Wildman–Crippen MR) is 286 cm³/mol. The molecule has 0 atom stereocenters. The van der Waals surface area contributed by atoms with Gasteiger partial charge in [0.15, 0.2) is 0 Å². The highest BCUT2D eigenvalue weighted by Gasteiger charge is 2.51. The molecular weight excluding hydrogens is 843 g/mol. The number of hydrogen-bond acceptors (Lipinski definition) is 3. The van der Waals surface area contributed by atoms with E-state index in [0.717, 1.165) is 44.6 Å². The van der Waals surface area contributed by atoms with Crippen LogP contribution in [0.4, 0.5) is 17.1 Å². The molecule has 2 heterocycles. The summed E-state index contributed by atoms with van der Waals surface area (Å²) in [6, 6.07) is 87.3. The van der Waals surface area contributed by atoms with Gasteiger partial charge in [-0.1, -0.05) is 182 Å². The number of anilines is 3. The van der Waals surface area contributed by atoms with Crippen LogP contribution in [-0.4, -0.2) is 0 Å². The number of thiophene rings is 1. The Labute approximate surface area is 397 Å². The van der Waals surface area contributed by atoms with Crippen molar-refractivity contribution in [3.05, 3.63) is 259 Å². The lowest BCUT2D eigenvalue weighted by Crippen LogP contribution is -2.26. The van der Waals surface area contributed by atoms with Crippen LogP contribution in [0.15, 0.2) is 241 Å². The van der Waals surface area contributed by atoms with E-state index in [-0.39, 0.29) is 0 Å². The Morgan fingerprint density at radius 2 is 0.912 bits per heavy atom. The van der Waals surface area contributed by atoms with Gasteiger partial charge in [-0.2, -0.15) is 0 Å². The van der Waals surface area contributed by atoms with Crippen molar-refractivity contribution in [3.63, 3.8) is 0 Å². The van der Waals surface area contributed by atoms with E-state index < -0.39 is 5.41 Å². The molecule has 3 heteroatoms. The zero-order chi connectivity index (χ0) is 44.5. The molecule has 0 saturated carbocycles. The second-order valence-electron chi connectivity index (χ2n) is 18.3. The standard InChI is InChI=1S/C65H39NOS/c1-2-15-40(16-3-1)41-29-31-43(32-30-41)66(44-33-35-50-49-21-8-12-27-58(49)65(59(50)38-44)56-25-10-6-19-47(56)48-20-7-11-26-57(48)65)45-34-36-51-55-37-42-17-4-5-18-46(42)62(63(55)67-60(51)39-45)54-24-14-23-53-52-22-9-13-28-61(52)68-64(53)54/h1-39H. The number of rotatable bonds is 5. The molecule has 11 aromatic carbocycles. The minimum Gasteiger partial charge on any atom is -0.455 e. The van der Waals surface area contributed by atoms with Crippen LogP contribution in [0.3, 0.4) is 0 Å². The summed E-state index contributed by atoms with van der Waals surface area (Å²) in [4.78, 5) is 2.42. The first kappa shape index (κ1) is 37.7. The normalized spacial score (nSPS) is 13.1. The topological polar surface area (TPSA) is 16.4 Å². The maximum absolute atomic E-state index is 7.26. The average molecular weight is 882 g/mol. The van der Waals surface area contributed by atoms with Crippen molar-refractivity contribution in [1.82, 2.24) is 0 Å². The summed E-state index contributed by atoms with van der Waals surface area (Å²) < 4.78 is 9.83. The van der Waals surface area contributed by atoms with Crippen molar-refractivity contribution in [3.8, 4) is 44.5 Å². The molecule has 0 fully saturated rings. The third-order valence-electron chi connectivity index (χ3n) is 14.9. The van der Waals surface area contributed by atoms with Gasteiger partial charge in [0, 0.05) is 65.2 Å². The van der Waals surface area contributed by atoms with Crippen LogP contribution in [0, 0.1) is 0 Å². The first-order chi connectivity index (χ1) is 33.7. The van der Waals surface area contributed by atoms with Gasteiger partial charge >= 0.3 is 0 Å². The van der Waals surface area contributed by atoms with Gasteiger partial charge in [0.05, 0.1) is 5.41 Å². The molecule has 2 nitrogen and oxygen atoms in total. The van der Waals surface area contributed by atoms with E-state index in [1.807, 2.05) is 11.3 Å². The lowest BCUT2D eigenvalue weighted by Gasteiger charge is -2.32. The summed E-state index contributed by atoms with van der Waals surface area (Å²) >= 11 is 1.86. The van der Waals surface area contributed by atoms with E-state index >= 15 is 0 Å². The van der Waals surface area contributed by atoms with Gasteiger partial charge in [-0.15, -0.1) is 11.3 Å². The molecule has 0 bridgehead atoms. The summed E-state index contributed by atoms with van der Waals surface area (Å²) in [6.45, 7) is 0. The molecule has 0 N–H and O–H groups in total. The largest absolute Gasteiger partial charge is 0.455 e. The maximum Gasteiger partial charge on any atom is 0.143 e. The molecule has 2 aliphatic carbocycles. The van der Waals surface area contributed by atoms with E-state index in [9.17, 15) is 0 Å². The Morgan fingerprint density at radius 1 is 0.353 bits per heavy atom. The van der Waals surface area contributed by atoms with Crippen LogP contribution >= 0.6 is 11.3 Å². The molecule has 0 amide bonds. The number of hydrogen-bond donors (Lipinski definition) is 0. The Morgan fingerprint density at radius 3 is 1.66 bits per heavy atom. The Bertz CT molecular complexity index is 4150. The summed E-state index contributed by atoms with van der Waals surface area (Å²) in [5.41, 5.74) is 19.7. The monoisotopic (exact) mass is 881 g/mol. The predicted octanol–water partition coefficient (Wildman–Crippen LogP) is 18.3. The van der Waals surface area contributed by atoms with Gasteiger partial charge in [0.2, 0.25) is 0 Å². The fourth-order valence-corrected chi connectivity index (χ4v) is 13.2. The highest BCUT2D eigenvalue weighted by molar-refractivity contribution is 7.26. The van der Waals surface area contributed by atoms with E-state index in [2.05, 4.69) is 241 Å². The van der Waals surface area contributed by atoms with Crippen molar-refractivity contribution >= 4 is 81.3 Å². The maximum atomic E-state index is 7.26. The Balaban J connectivity index is 0.966. The SMILES string of the molecule is c1ccc(-c2ccc(N(c3ccc4c(c3)C3(c5ccccc5-c5ccccc53)c3ccccc3-4)c3ccc4c(c3)oc3c(-c5cccc6c5sc5ccccc56)c5ccccc5cc34)cc2)cc1. The zero-order valence-corrected chi connectivity index (χ0v) is 37.6. The molecular formula is C65H39NOS. The van der Waals surface area contributed by atoms with E-state index in [4.69, 9.17) is 4.42 Å². The van der Waals surface area contributed by atoms with Crippen molar-refractivity contribution in [2.45, 2.75) is 5.41 Å². The number of nitrogens with zero attached hydrogens (tertiary/aromatic N) is 1. The van der Waals surface area contributed by atoms with E-state index in [1.165, 1.54) is 92.1 Å². The molecule has 0 radical (unpaired) electrons. The highest BCUT2D eigenvalue weighted by atomic mass is 32.1. The molecule has 2 aromatic heterocycles. The first-order valence-electron chi connectivity index (χ1n) is 23.4. The van der Waals surface area contributed by atoms with Gasteiger partial charge in [-0.3, -0.25) is 0 Å². The molecule has 1 spiro atoms. The van der Waals surface area contributed by atoms with Gasteiger partial charge in [0.25, 0.3) is 0 Å². The van der Waals surface area contributed by atoms with E-state index in [1.54, 1.807) is 0 Å². The van der Waals surface area contributed by atoms with Crippen LogP contribution in [0.5, 0.6) is 0 Å². The van der Waals surface area contributed by atoms with Crippen molar-refractivity contribution < 1.29 is 4.42 Å². The lowest BCUT2D eigenvalue weighted by atomic mass is 9.70. The number of benzene rings is 11. The van der Waals surface area contributed by atoms with Crippen LogP contribution < -0.4 is 4.90 Å². The zero-order valence-electron chi connectivity index (χ0n) is 36.8. The molecule has 0 saturated heterocycles. The summed E-state index contributed by atoms with van der Waals surface area (Å²) in [5.74, 6) is 0. The fourth-order valence-electron chi connectivity index (χ4n) is 12.0. The van der Waals surface area contributed by atoms with Crippen LogP contribution in [-0.2, 0) is 5.41 Å². The van der Waals surface area contributed by atoms with Gasteiger partial charge in [-0.05, 0) is 115 Å². The summed E-state index contributed by atoms with van der Waals surface area (Å²) in [6.07, 6.45) is 0. The van der Waals surface area contributed by atoms with E-state index in [0.29, 0.717) is 0 Å². The number of furan rings is 1. The minimum absolute atomic E-state index is 0.462. The molecule has 316 valence electrons. The van der Waals surface area contributed by atoms with Crippen molar-refractivity contribution in [2.75, 3.05) is 4.90 Å². The van der Waals surface area contributed by atoms with Crippen molar-refractivity contribution in [1.29, 1.82) is 0 Å². The fraction of sp³-hybridized carbons (Fsp3) is 0.0154. The molecule has 2 aliphatic rings. The second kappa shape index (κ2) is 14.3. The second-order valence-corrected chi connectivity index (χ2v) is 19.3. The molecule has 0 aliphatic heterocycles.